The number of allylic oxidation sites excluding steroid dienone is 1. The molecule has 0 spiro atoms. The lowest BCUT2D eigenvalue weighted by Gasteiger charge is -2.16. The van der Waals surface area contributed by atoms with Gasteiger partial charge in [0.15, 0.2) is 5.16 Å². The first-order valence-corrected chi connectivity index (χ1v) is 11.6. The number of rotatable bonds is 7. The molecule has 156 valence electrons. The molecule has 0 saturated carbocycles. The summed E-state index contributed by atoms with van der Waals surface area (Å²) in [6.45, 7) is 5.89. The van der Waals surface area contributed by atoms with Gasteiger partial charge in [-0.05, 0) is 30.0 Å². The van der Waals surface area contributed by atoms with E-state index in [1.165, 1.54) is 23.1 Å². The summed E-state index contributed by atoms with van der Waals surface area (Å²) in [6, 6.07) is 19.4. The zero-order valence-electron chi connectivity index (χ0n) is 16.9. The summed E-state index contributed by atoms with van der Waals surface area (Å²) < 4.78 is 1.56. The number of nitrogens with zero attached hydrogens (tertiary/aromatic N) is 2. The highest BCUT2D eigenvalue weighted by Crippen LogP contribution is 2.29. The van der Waals surface area contributed by atoms with Crippen LogP contribution in [-0.2, 0) is 11.3 Å². The van der Waals surface area contributed by atoms with Gasteiger partial charge in [-0.1, -0.05) is 66.4 Å². The zero-order valence-corrected chi connectivity index (χ0v) is 18.6. The zero-order chi connectivity index (χ0) is 21.8. The highest BCUT2D eigenvalue weighted by atomic mass is 32.2. The lowest BCUT2D eigenvalue weighted by Crippen LogP contribution is -2.26. The number of hydrogen-bond acceptors (Lipinski definition) is 5. The van der Waals surface area contributed by atoms with Gasteiger partial charge in [-0.3, -0.25) is 14.2 Å². The highest BCUT2D eigenvalue weighted by Gasteiger charge is 2.20. The Bertz CT molecular complexity index is 1300. The van der Waals surface area contributed by atoms with Crippen LogP contribution in [0.25, 0.3) is 21.3 Å². The summed E-state index contributed by atoms with van der Waals surface area (Å²) >= 11 is 2.69. The third-order valence-electron chi connectivity index (χ3n) is 4.78. The van der Waals surface area contributed by atoms with Crippen LogP contribution in [0.2, 0.25) is 0 Å². The second-order valence-electron chi connectivity index (χ2n) is 6.90. The van der Waals surface area contributed by atoms with Crippen molar-refractivity contribution in [3.8, 4) is 11.1 Å². The Balaban J connectivity index is 1.59. The number of carbonyl (C=O) groups is 1. The molecule has 2 aromatic carbocycles. The van der Waals surface area contributed by atoms with Gasteiger partial charge >= 0.3 is 0 Å². The number of anilines is 1. The van der Waals surface area contributed by atoms with Crippen molar-refractivity contribution >= 4 is 44.9 Å². The average Bonchev–Trinajstić information content (AvgIpc) is 3.26. The topological polar surface area (TPSA) is 64.0 Å². The van der Waals surface area contributed by atoms with Crippen LogP contribution in [-0.4, -0.2) is 20.7 Å². The van der Waals surface area contributed by atoms with E-state index in [9.17, 15) is 9.59 Å². The maximum absolute atomic E-state index is 13.0. The van der Waals surface area contributed by atoms with Crippen LogP contribution in [0.5, 0.6) is 0 Å². The van der Waals surface area contributed by atoms with Gasteiger partial charge in [-0.15, -0.1) is 17.9 Å². The molecule has 2 aromatic heterocycles. The van der Waals surface area contributed by atoms with Crippen molar-refractivity contribution in [1.82, 2.24) is 9.55 Å². The summed E-state index contributed by atoms with van der Waals surface area (Å²) in [5, 5.41) is 5.53. The third-order valence-corrected chi connectivity index (χ3v) is 6.68. The number of para-hydroxylation sites is 1. The van der Waals surface area contributed by atoms with Gasteiger partial charge in [0, 0.05) is 17.8 Å². The maximum Gasteiger partial charge on any atom is 0.263 e. The third kappa shape index (κ3) is 4.47. The molecule has 2 heterocycles. The van der Waals surface area contributed by atoms with Crippen LogP contribution in [0, 0.1) is 0 Å². The van der Waals surface area contributed by atoms with Gasteiger partial charge < -0.3 is 5.32 Å². The molecule has 1 N–H and O–H groups in total. The van der Waals surface area contributed by atoms with E-state index in [0.717, 1.165) is 16.8 Å². The van der Waals surface area contributed by atoms with E-state index in [-0.39, 0.29) is 11.5 Å². The van der Waals surface area contributed by atoms with E-state index in [1.807, 2.05) is 66.9 Å². The number of carbonyl (C=O) groups excluding carboxylic acids is 1. The number of nitrogens with one attached hydrogen (secondary N) is 1. The molecule has 0 saturated heterocycles. The van der Waals surface area contributed by atoms with Crippen LogP contribution in [0.1, 0.15) is 6.92 Å². The summed E-state index contributed by atoms with van der Waals surface area (Å²) in [4.78, 5) is 31.1. The minimum Gasteiger partial charge on any atom is -0.325 e. The monoisotopic (exact) mass is 447 g/mol. The number of thiophene rings is 1. The van der Waals surface area contributed by atoms with Gasteiger partial charge in [-0.2, -0.15) is 0 Å². The number of amides is 1. The molecule has 0 aliphatic carbocycles. The summed E-state index contributed by atoms with van der Waals surface area (Å²) in [7, 11) is 0. The van der Waals surface area contributed by atoms with E-state index in [4.69, 9.17) is 0 Å². The van der Waals surface area contributed by atoms with E-state index in [2.05, 4.69) is 16.9 Å². The molecule has 4 rings (SSSR count). The number of thioether (sulfide) groups is 1. The van der Waals surface area contributed by atoms with E-state index in [1.54, 1.807) is 16.7 Å². The van der Waals surface area contributed by atoms with E-state index in [0.29, 0.717) is 21.9 Å². The van der Waals surface area contributed by atoms with Gasteiger partial charge in [0.05, 0.1) is 10.6 Å². The van der Waals surface area contributed by atoms with Crippen molar-refractivity contribution in [2.45, 2.75) is 23.9 Å². The quantitative estimate of drug-likeness (QED) is 0.233. The van der Waals surface area contributed by atoms with Crippen LogP contribution in [0.15, 0.2) is 88.6 Å². The van der Waals surface area contributed by atoms with Gasteiger partial charge in [0.25, 0.3) is 5.56 Å². The van der Waals surface area contributed by atoms with Gasteiger partial charge in [-0.25, -0.2) is 4.98 Å². The van der Waals surface area contributed by atoms with E-state index < -0.39 is 5.25 Å². The Morgan fingerprint density at radius 2 is 1.94 bits per heavy atom. The molecular weight excluding hydrogens is 426 g/mol. The summed E-state index contributed by atoms with van der Waals surface area (Å²) in [5.41, 5.74) is 2.62. The molecule has 1 amide bonds. The number of fused-ring (bicyclic) bond motifs is 1. The molecule has 1 atom stereocenters. The smallest absolute Gasteiger partial charge is 0.263 e. The van der Waals surface area contributed by atoms with E-state index >= 15 is 0 Å². The summed E-state index contributed by atoms with van der Waals surface area (Å²) in [6.07, 6.45) is 1.66. The number of aromatic nitrogens is 2. The predicted octanol–water partition coefficient (Wildman–Crippen LogP) is 5.43. The molecule has 1 unspecified atom stereocenters. The van der Waals surface area contributed by atoms with Crippen LogP contribution < -0.4 is 10.9 Å². The fraction of sp³-hybridized carbons (Fsp3) is 0.125. The molecule has 5 nitrogen and oxygen atoms in total. The second kappa shape index (κ2) is 9.32. The fourth-order valence-electron chi connectivity index (χ4n) is 3.22. The largest absolute Gasteiger partial charge is 0.325 e. The maximum atomic E-state index is 13.0. The minimum atomic E-state index is -0.454. The van der Waals surface area contributed by atoms with Crippen molar-refractivity contribution in [1.29, 1.82) is 0 Å². The molecule has 0 radical (unpaired) electrons. The SMILES string of the molecule is C=CCn1c(SC(C)C(=O)Nc2ccccc2-c2ccccc2)nc2sccc2c1=O. The average molecular weight is 448 g/mol. The first-order chi connectivity index (χ1) is 15.1. The van der Waals surface area contributed by atoms with Gasteiger partial charge in [0.2, 0.25) is 5.91 Å². The minimum absolute atomic E-state index is 0.115. The molecule has 0 fully saturated rings. The highest BCUT2D eigenvalue weighted by molar-refractivity contribution is 8.00. The second-order valence-corrected chi connectivity index (χ2v) is 9.10. The Morgan fingerprint density at radius 3 is 2.71 bits per heavy atom. The first kappa shape index (κ1) is 21.1. The van der Waals surface area contributed by atoms with Crippen LogP contribution in [0.3, 0.4) is 0 Å². The number of benzene rings is 2. The summed E-state index contributed by atoms with van der Waals surface area (Å²) in [5.74, 6) is -0.154. The molecule has 31 heavy (non-hydrogen) atoms. The first-order valence-electron chi connectivity index (χ1n) is 9.79. The predicted molar refractivity (Wildman–Crippen MR) is 130 cm³/mol. The van der Waals surface area contributed by atoms with Crippen molar-refractivity contribution in [3.05, 3.63) is 89.1 Å². The van der Waals surface area contributed by atoms with Crippen molar-refractivity contribution in [2.24, 2.45) is 0 Å². The Labute approximate surface area is 188 Å². The lowest BCUT2D eigenvalue weighted by molar-refractivity contribution is -0.115. The Hall–Kier alpha value is -3.16. The lowest BCUT2D eigenvalue weighted by atomic mass is 10.0. The fourth-order valence-corrected chi connectivity index (χ4v) is 4.94. The van der Waals surface area contributed by atoms with Crippen molar-refractivity contribution in [3.63, 3.8) is 0 Å². The van der Waals surface area contributed by atoms with Gasteiger partial charge in [0.1, 0.15) is 4.83 Å². The molecule has 0 aliphatic rings. The molecule has 0 aliphatic heterocycles. The molecular formula is C24H21N3O2S2. The van der Waals surface area contributed by atoms with Crippen LogP contribution >= 0.6 is 23.1 Å². The number of hydrogen-bond donors (Lipinski definition) is 1. The van der Waals surface area contributed by atoms with Crippen molar-refractivity contribution in [2.75, 3.05) is 5.32 Å². The molecule has 0 bridgehead atoms. The molecule has 4 aromatic rings. The van der Waals surface area contributed by atoms with Crippen LogP contribution in [0.4, 0.5) is 5.69 Å². The normalized spacial score (nSPS) is 11.9. The Morgan fingerprint density at radius 1 is 1.19 bits per heavy atom. The standard InChI is InChI=1S/C24H21N3O2S2/c1-3-14-27-23(29)19-13-15-30-22(19)26-24(27)31-16(2)21(28)25-20-12-8-7-11-18(20)17-9-5-4-6-10-17/h3-13,15-16H,1,14H2,2H3,(H,25,28). The van der Waals surface area contributed by atoms with Crippen molar-refractivity contribution < 1.29 is 4.79 Å². The molecule has 7 heteroatoms. The Kier molecular flexibility index (Phi) is 6.34.